The molecule has 1 aromatic heterocycles. The summed E-state index contributed by atoms with van der Waals surface area (Å²) in [5, 5.41) is 6.76. The Labute approximate surface area is 146 Å². The van der Waals surface area contributed by atoms with Crippen LogP contribution in [0.4, 0.5) is 4.39 Å². The van der Waals surface area contributed by atoms with E-state index in [9.17, 15) is 9.18 Å². The number of rotatable bonds is 7. The third-order valence-corrected chi connectivity index (χ3v) is 4.27. The van der Waals surface area contributed by atoms with Gasteiger partial charge in [0.1, 0.15) is 5.82 Å². The van der Waals surface area contributed by atoms with Crippen molar-refractivity contribution in [1.82, 2.24) is 15.5 Å². The Morgan fingerprint density at radius 2 is 2.20 bits per heavy atom. The first kappa shape index (κ1) is 17.3. The number of allylic oxidation sites excluding steroid dienone is 1. The van der Waals surface area contributed by atoms with Gasteiger partial charge in [0.15, 0.2) is 0 Å². The monoisotopic (exact) mass is 343 g/mol. The summed E-state index contributed by atoms with van der Waals surface area (Å²) in [6.07, 6.45) is 8.73. The van der Waals surface area contributed by atoms with Crippen LogP contribution in [0.5, 0.6) is 0 Å². The number of nitrogens with zero attached hydrogens (tertiary/aromatic N) is 2. The second kappa shape index (κ2) is 8.55. The van der Waals surface area contributed by atoms with Crippen molar-refractivity contribution in [2.75, 3.05) is 6.54 Å². The second-order valence-corrected chi connectivity index (χ2v) is 6.23. The maximum atomic E-state index is 13.2. The topological polar surface area (TPSA) is 68.0 Å². The summed E-state index contributed by atoms with van der Waals surface area (Å²) < 4.78 is 18.4. The molecule has 1 aliphatic carbocycles. The normalized spacial score (nSPS) is 14.2. The molecule has 0 saturated heterocycles. The zero-order chi connectivity index (χ0) is 17.5. The van der Waals surface area contributed by atoms with Gasteiger partial charge in [0.2, 0.25) is 17.6 Å². The first-order valence-corrected chi connectivity index (χ1v) is 8.74. The Balaban J connectivity index is 1.42. The summed E-state index contributed by atoms with van der Waals surface area (Å²) in [6, 6.07) is 6.01. The van der Waals surface area contributed by atoms with Crippen molar-refractivity contribution in [2.45, 2.75) is 44.9 Å². The first-order chi connectivity index (χ1) is 12.2. The van der Waals surface area contributed by atoms with E-state index in [2.05, 4.69) is 21.5 Å². The molecule has 132 valence electrons. The third kappa shape index (κ3) is 5.24. The van der Waals surface area contributed by atoms with Gasteiger partial charge in [-0.05, 0) is 44.2 Å². The predicted molar refractivity (Wildman–Crippen MR) is 92.2 cm³/mol. The minimum absolute atomic E-state index is 0.0260. The van der Waals surface area contributed by atoms with Crippen molar-refractivity contribution in [3.63, 3.8) is 0 Å². The Kier molecular flexibility index (Phi) is 5.93. The smallest absolute Gasteiger partial charge is 0.227 e. The molecule has 6 heteroatoms. The van der Waals surface area contributed by atoms with Crippen LogP contribution in [0.2, 0.25) is 0 Å². The lowest BCUT2D eigenvalue weighted by Gasteiger charge is -2.12. The van der Waals surface area contributed by atoms with Crippen LogP contribution in [0.25, 0.3) is 11.4 Å². The zero-order valence-electron chi connectivity index (χ0n) is 14.1. The number of aromatic nitrogens is 2. The van der Waals surface area contributed by atoms with Crippen LogP contribution in [0.3, 0.4) is 0 Å². The Morgan fingerprint density at radius 1 is 1.28 bits per heavy atom. The van der Waals surface area contributed by atoms with E-state index >= 15 is 0 Å². The number of carbonyl (C=O) groups is 1. The van der Waals surface area contributed by atoms with Crippen molar-refractivity contribution in [3.8, 4) is 11.4 Å². The van der Waals surface area contributed by atoms with Crippen molar-refractivity contribution in [1.29, 1.82) is 0 Å². The van der Waals surface area contributed by atoms with E-state index in [1.807, 2.05) is 0 Å². The van der Waals surface area contributed by atoms with Gasteiger partial charge in [-0.2, -0.15) is 4.98 Å². The maximum Gasteiger partial charge on any atom is 0.227 e. The van der Waals surface area contributed by atoms with Gasteiger partial charge < -0.3 is 9.84 Å². The molecule has 1 aromatic carbocycles. The highest BCUT2D eigenvalue weighted by Gasteiger charge is 2.11. The molecule has 5 nitrogen and oxygen atoms in total. The van der Waals surface area contributed by atoms with E-state index in [4.69, 9.17) is 4.52 Å². The number of aryl methyl sites for hydroxylation is 1. The molecule has 2 aromatic rings. The summed E-state index contributed by atoms with van der Waals surface area (Å²) in [4.78, 5) is 16.1. The predicted octanol–water partition coefficient (Wildman–Crippen LogP) is 3.82. The maximum absolute atomic E-state index is 13.2. The van der Waals surface area contributed by atoms with E-state index in [1.54, 1.807) is 12.1 Å². The Bertz CT molecular complexity index is 755. The Morgan fingerprint density at radius 3 is 3.00 bits per heavy atom. The van der Waals surface area contributed by atoms with E-state index < -0.39 is 0 Å². The highest BCUT2D eigenvalue weighted by molar-refractivity contribution is 5.76. The summed E-state index contributed by atoms with van der Waals surface area (Å²) in [5.74, 6) is 0.335. The number of hydrogen-bond acceptors (Lipinski definition) is 4. The third-order valence-electron chi connectivity index (χ3n) is 4.27. The minimum atomic E-state index is -0.351. The average Bonchev–Trinajstić information content (AvgIpc) is 3.10. The molecule has 0 bridgehead atoms. The lowest BCUT2D eigenvalue weighted by molar-refractivity contribution is -0.121. The summed E-state index contributed by atoms with van der Waals surface area (Å²) >= 11 is 0. The zero-order valence-corrected chi connectivity index (χ0v) is 14.1. The van der Waals surface area contributed by atoms with Crippen LogP contribution in [0.15, 0.2) is 40.4 Å². The van der Waals surface area contributed by atoms with E-state index in [0.717, 1.165) is 19.3 Å². The molecule has 25 heavy (non-hydrogen) atoms. The fourth-order valence-electron chi connectivity index (χ4n) is 2.90. The summed E-state index contributed by atoms with van der Waals surface area (Å²) in [6.45, 7) is 0.670. The molecule has 0 fully saturated rings. The molecule has 1 N–H and O–H groups in total. The summed E-state index contributed by atoms with van der Waals surface area (Å²) in [5.41, 5.74) is 2.00. The molecule has 0 radical (unpaired) electrons. The average molecular weight is 343 g/mol. The largest absolute Gasteiger partial charge is 0.356 e. The molecule has 1 aliphatic rings. The standard InChI is InChI=1S/C19H22FN3O2/c20-16-8-4-7-15(13-16)19-22-18(25-23-19)10-9-17(24)21-12-11-14-5-2-1-3-6-14/h4-5,7-8,13H,1-3,6,9-12H2,(H,21,24). The van der Waals surface area contributed by atoms with Crippen molar-refractivity contribution < 1.29 is 13.7 Å². The fraction of sp³-hybridized carbons (Fsp3) is 0.421. The van der Waals surface area contributed by atoms with Gasteiger partial charge in [-0.25, -0.2) is 4.39 Å². The van der Waals surface area contributed by atoms with Gasteiger partial charge in [-0.1, -0.05) is 28.9 Å². The number of nitrogens with one attached hydrogen (secondary N) is 1. The van der Waals surface area contributed by atoms with Gasteiger partial charge in [0.25, 0.3) is 0 Å². The minimum Gasteiger partial charge on any atom is -0.356 e. The second-order valence-electron chi connectivity index (χ2n) is 6.23. The van der Waals surface area contributed by atoms with Crippen LogP contribution in [-0.2, 0) is 11.2 Å². The SMILES string of the molecule is O=C(CCc1nc(-c2cccc(F)c2)no1)NCCC1=CCCCC1. The molecule has 0 unspecified atom stereocenters. The lowest BCUT2D eigenvalue weighted by Crippen LogP contribution is -2.25. The lowest BCUT2D eigenvalue weighted by atomic mass is 9.97. The van der Waals surface area contributed by atoms with E-state index in [0.29, 0.717) is 36.7 Å². The quantitative estimate of drug-likeness (QED) is 0.776. The van der Waals surface area contributed by atoms with Crippen LogP contribution in [0, 0.1) is 5.82 Å². The molecule has 3 rings (SSSR count). The van der Waals surface area contributed by atoms with Gasteiger partial charge in [-0.15, -0.1) is 0 Å². The fourth-order valence-corrected chi connectivity index (χ4v) is 2.90. The highest BCUT2D eigenvalue weighted by atomic mass is 19.1. The number of benzene rings is 1. The van der Waals surface area contributed by atoms with Crippen LogP contribution in [0.1, 0.15) is 44.4 Å². The van der Waals surface area contributed by atoms with Crippen molar-refractivity contribution >= 4 is 5.91 Å². The van der Waals surface area contributed by atoms with Crippen LogP contribution < -0.4 is 5.32 Å². The molecule has 1 heterocycles. The molecule has 0 spiro atoms. The number of halogens is 1. The molecule has 0 atom stereocenters. The number of carbonyl (C=O) groups excluding carboxylic acids is 1. The summed E-state index contributed by atoms with van der Waals surface area (Å²) in [7, 11) is 0. The highest BCUT2D eigenvalue weighted by Crippen LogP contribution is 2.19. The molecule has 0 saturated carbocycles. The number of hydrogen-bond donors (Lipinski definition) is 1. The molecule has 0 aliphatic heterocycles. The van der Waals surface area contributed by atoms with Gasteiger partial charge >= 0.3 is 0 Å². The molecular formula is C19H22FN3O2. The van der Waals surface area contributed by atoms with Crippen molar-refractivity contribution in [2.24, 2.45) is 0 Å². The first-order valence-electron chi connectivity index (χ1n) is 8.74. The van der Waals surface area contributed by atoms with Gasteiger partial charge in [0, 0.05) is 24.9 Å². The van der Waals surface area contributed by atoms with E-state index in [-0.39, 0.29) is 11.7 Å². The van der Waals surface area contributed by atoms with Crippen LogP contribution in [-0.4, -0.2) is 22.6 Å². The van der Waals surface area contributed by atoms with Gasteiger partial charge in [0.05, 0.1) is 0 Å². The molecule has 1 amide bonds. The van der Waals surface area contributed by atoms with Gasteiger partial charge in [-0.3, -0.25) is 4.79 Å². The molecular weight excluding hydrogens is 321 g/mol. The van der Waals surface area contributed by atoms with Crippen LogP contribution >= 0.6 is 0 Å². The van der Waals surface area contributed by atoms with Crippen molar-refractivity contribution in [3.05, 3.63) is 47.6 Å². The Hall–Kier alpha value is -2.50. The van der Waals surface area contributed by atoms with E-state index in [1.165, 1.54) is 30.5 Å². The number of amides is 1.